The number of aliphatic hydroxyl groups excluding tert-OH is 1. The highest BCUT2D eigenvalue weighted by molar-refractivity contribution is 6.29. The zero-order valence-corrected chi connectivity index (χ0v) is 15.3. The molecular weight excluding hydrogens is 342 g/mol. The minimum atomic E-state index is -0.688. The fraction of sp³-hybridized carbons (Fsp3) is 0.500. The molecule has 7 heteroatoms. The van der Waals surface area contributed by atoms with Crippen molar-refractivity contribution in [1.29, 1.82) is 0 Å². The minimum absolute atomic E-state index is 0.126. The van der Waals surface area contributed by atoms with Gasteiger partial charge in [-0.3, -0.25) is 4.98 Å². The number of β-amino-alcohol motifs (C(OH)–C–C–N with tert-alkyl or cyclic N) is 1. The molecule has 0 radical (unpaired) electrons. The standard InChI is InChI=1S/C18H22ClN3O3/c1-18(2,3)25-17(24)22-9-8-11(15(23)10-22)12-4-5-14-13(20-12)6-7-16(19)21-14/h4-7,11,15,23H,8-10H2,1-3H3/t11?,15-/m1/s1. The summed E-state index contributed by atoms with van der Waals surface area (Å²) < 4.78 is 5.37. The number of pyridine rings is 2. The summed E-state index contributed by atoms with van der Waals surface area (Å²) >= 11 is 5.89. The van der Waals surface area contributed by atoms with Crippen LogP contribution in [-0.2, 0) is 4.74 Å². The van der Waals surface area contributed by atoms with Crippen molar-refractivity contribution in [3.05, 3.63) is 35.1 Å². The van der Waals surface area contributed by atoms with Crippen molar-refractivity contribution in [1.82, 2.24) is 14.9 Å². The van der Waals surface area contributed by atoms with Crippen LogP contribution in [0.25, 0.3) is 11.0 Å². The van der Waals surface area contributed by atoms with E-state index in [0.717, 1.165) is 16.7 Å². The number of carbonyl (C=O) groups is 1. The highest BCUT2D eigenvalue weighted by atomic mass is 35.5. The van der Waals surface area contributed by atoms with Crippen molar-refractivity contribution >= 4 is 28.7 Å². The van der Waals surface area contributed by atoms with E-state index in [-0.39, 0.29) is 12.5 Å². The normalized spacial score (nSPS) is 21.4. The Hall–Kier alpha value is -1.92. The Labute approximate surface area is 151 Å². The molecule has 0 spiro atoms. The lowest BCUT2D eigenvalue weighted by Gasteiger charge is -2.36. The van der Waals surface area contributed by atoms with E-state index in [2.05, 4.69) is 9.97 Å². The quantitative estimate of drug-likeness (QED) is 0.786. The summed E-state index contributed by atoms with van der Waals surface area (Å²) in [6.07, 6.45) is -0.457. The molecule has 1 fully saturated rings. The number of aromatic nitrogens is 2. The Morgan fingerprint density at radius 1 is 1.24 bits per heavy atom. The predicted octanol–water partition coefficient (Wildman–Crippen LogP) is 3.37. The number of amides is 1. The lowest BCUT2D eigenvalue weighted by molar-refractivity contribution is -0.00188. The van der Waals surface area contributed by atoms with Gasteiger partial charge in [0.15, 0.2) is 0 Å². The third-order valence-corrected chi connectivity index (χ3v) is 4.35. The smallest absolute Gasteiger partial charge is 0.410 e. The molecule has 0 aliphatic carbocycles. The average molecular weight is 364 g/mol. The van der Waals surface area contributed by atoms with Crippen LogP contribution in [0.15, 0.2) is 24.3 Å². The topological polar surface area (TPSA) is 75.5 Å². The maximum Gasteiger partial charge on any atom is 0.410 e. The average Bonchev–Trinajstić information content (AvgIpc) is 2.52. The van der Waals surface area contributed by atoms with Gasteiger partial charge < -0.3 is 14.7 Å². The van der Waals surface area contributed by atoms with Gasteiger partial charge in [0.25, 0.3) is 0 Å². The van der Waals surface area contributed by atoms with Gasteiger partial charge in [-0.15, -0.1) is 0 Å². The van der Waals surface area contributed by atoms with Crippen molar-refractivity contribution < 1.29 is 14.6 Å². The number of fused-ring (bicyclic) bond motifs is 1. The SMILES string of the molecule is CC(C)(C)OC(=O)N1CCC(c2ccc3nc(Cl)ccc3n2)[C@H](O)C1. The van der Waals surface area contributed by atoms with Crippen molar-refractivity contribution in [2.75, 3.05) is 13.1 Å². The Balaban J connectivity index is 1.73. The van der Waals surface area contributed by atoms with Gasteiger partial charge in [0.05, 0.1) is 23.7 Å². The van der Waals surface area contributed by atoms with Gasteiger partial charge in [-0.1, -0.05) is 11.6 Å². The molecule has 3 rings (SSSR count). The summed E-state index contributed by atoms with van der Waals surface area (Å²) in [6, 6.07) is 7.23. The van der Waals surface area contributed by atoms with Crippen LogP contribution in [0.4, 0.5) is 4.79 Å². The predicted molar refractivity (Wildman–Crippen MR) is 95.7 cm³/mol. The van der Waals surface area contributed by atoms with Gasteiger partial charge in [-0.2, -0.15) is 0 Å². The molecule has 1 aliphatic rings. The van der Waals surface area contributed by atoms with Crippen molar-refractivity contribution in [2.24, 2.45) is 0 Å². The lowest BCUT2D eigenvalue weighted by atomic mass is 9.90. The number of nitrogens with zero attached hydrogens (tertiary/aromatic N) is 3. The monoisotopic (exact) mass is 363 g/mol. The zero-order valence-electron chi connectivity index (χ0n) is 14.6. The Morgan fingerprint density at radius 3 is 2.60 bits per heavy atom. The molecule has 2 aromatic rings. The molecule has 2 aromatic heterocycles. The molecule has 134 valence electrons. The van der Waals surface area contributed by atoms with Gasteiger partial charge in [-0.05, 0) is 51.5 Å². The first kappa shape index (κ1) is 17.9. The first-order valence-corrected chi connectivity index (χ1v) is 8.70. The van der Waals surface area contributed by atoms with E-state index in [4.69, 9.17) is 16.3 Å². The third-order valence-electron chi connectivity index (χ3n) is 4.14. The number of rotatable bonds is 1. The van der Waals surface area contributed by atoms with Crippen molar-refractivity contribution in [2.45, 2.75) is 44.8 Å². The first-order chi connectivity index (χ1) is 11.7. The Bertz CT molecular complexity index is 791. The fourth-order valence-electron chi connectivity index (χ4n) is 2.98. The number of piperidine rings is 1. The summed E-state index contributed by atoms with van der Waals surface area (Å²) in [6.45, 7) is 6.24. The third kappa shape index (κ3) is 4.19. The molecule has 3 heterocycles. The van der Waals surface area contributed by atoms with E-state index in [0.29, 0.717) is 18.1 Å². The highest BCUT2D eigenvalue weighted by Crippen LogP contribution is 2.29. The second kappa shape index (κ2) is 6.77. The van der Waals surface area contributed by atoms with Crippen LogP contribution in [0.3, 0.4) is 0 Å². The number of likely N-dealkylation sites (tertiary alicyclic amines) is 1. The highest BCUT2D eigenvalue weighted by Gasteiger charge is 2.34. The molecule has 0 aromatic carbocycles. The van der Waals surface area contributed by atoms with Gasteiger partial charge in [0.2, 0.25) is 0 Å². The summed E-state index contributed by atoms with van der Waals surface area (Å²) in [5, 5.41) is 11.0. The number of hydrogen-bond acceptors (Lipinski definition) is 5. The van der Waals surface area contributed by atoms with Crippen molar-refractivity contribution in [3.8, 4) is 0 Å². The molecule has 1 saturated heterocycles. The van der Waals surface area contributed by atoms with E-state index in [9.17, 15) is 9.90 Å². The molecule has 1 N–H and O–H groups in total. The van der Waals surface area contributed by atoms with Crippen LogP contribution in [0.1, 0.15) is 38.8 Å². The number of aliphatic hydroxyl groups is 1. The van der Waals surface area contributed by atoms with Crippen molar-refractivity contribution in [3.63, 3.8) is 0 Å². The summed E-state index contributed by atoms with van der Waals surface area (Å²) in [7, 11) is 0. The Kier molecular flexibility index (Phi) is 4.84. The van der Waals surface area contributed by atoms with Gasteiger partial charge >= 0.3 is 6.09 Å². The van der Waals surface area contributed by atoms with Crippen LogP contribution < -0.4 is 0 Å². The summed E-state index contributed by atoms with van der Waals surface area (Å²) in [4.78, 5) is 22.5. The molecular formula is C18H22ClN3O3. The van der Waals surface area contributed by atoms with Crippen LogP contribution in [0.2, 0.25) is 5.15 Å². The summed E-state index contributed by atoms with van der Waals surface area (Å²) in [5.41, 5.74) is 1.71. The minimum Gasteiger partial charge on any atom is -0.444 e. The van der Waals surface area contributed by atoms with Gasteiger partial charge in [0.1, 0.15) is 10.8 Å². The summed E-state index contributed by atoms with van der Waals surface area (Å²) in [5.74, 6) is -0.126. The first-order valence-electron chi connectivity index (χ1n) is 8.32. The molecule has 6 nitrogen and oxygen atoms in total. The fourth-order valence-corrected chi connectivity index (χ4v) is 3.13. The van der Waals surface area contributed by atoms with Crippen LogP contribution in [0, 0.1) is 0 Å². The van der Waals surface area contributed by atoms with E-state index in [1.807, 2.05) is 39.0 Å². The second-order valence-corrected chi connectivity index (χ2v) is 7.68. The number of carbonyl (C=O) groups excluding carboxylic acids is 1. The molecule has 2 atom stereocenters. The van der Waals surface area contributed by atoms with Crippen LogP contribution in [0.5, 0.6) is 0 Å². The molecule has 1 unspecified atom stereocenters. The lowest BCUT2D eigenvalue weighted by Crippen LogP contribution is -2.47. The van der Waals surface area contributed by atoms with E-state index in [1.54, 1.807) is 11.0 Å². The van der Waals surface area contributed by atoms with Gasteiger partial charge in [0, 0.05) is 18.2 Å². The van der Waals surface area contributed by atoms with Gasteiger partial charge in [-0.25, -0.2) is 9.78 Å². The molecule has 25 heavy (non-hydrogen) atoms. The zero-order chi connectivity index (χ0) is 18.2. The largest absolute Gasteiger partial charge is 0.444 e. The Morgan fingerprint density at radius 2 is 1.92 bits per heavy atom. The van der Waals surface area contributed by atoms with E-state index >= 15 is 0 Å². The molecule has 1 amide bonds. The number of hydrogen-bond donors (Lipinski definition) is 1. The van der Waals surface area contributed by atoms with Crippen LogP contribution in [-0.4, -0.2) is 50.9 Å². The number of ether oxygens (including phenoxy) is 1. The van der Waals surface area contributed by atoms with Crippen LogP contribution >= 0.6 is 11.6 Å². The maximum absolute atomic E-state index is 12.2. The van der Waals surface area contributed by atoms with E-state index < -0.39 is 17.8 Å². The maximum atomic E-state index is 12.2. The molecule has 0 bridgehead atoms. The van der Waals surface area contributed by atoms with E-state index in [1.165, 1.54) is 0 Å². The molecule has 0 saturated carbocycles. The number of halogens is 1. The molecule has 1 aliphatic heterocycles. The second-order valence-electron chi connectivity index (χ2n) is 7.30.